The molecule has 1 amide bonds. The van der Waals surface area contributed by atoms with Gasteiger partial charge in [-0.15, -0.1) is 12.4 Å². The molecule has 0 fully saturated rings. The lowest BCUT2D eigenvalue weighted by Gasteiger charge is -2.26. The Morgan fingerprint density at radius 3 is 2.55 bits per heavy atom. The van der Waals surface area contributed by atoms with E-state index in [2.05, 4.69) is 5.32 Å². The average molecular weight is 329 g/mol. The highest BCUT2D eigenvalue weighted by atomic mass is 35.5. The Kier molecular flexibility index (Phi) is 8.49. The lowest BCUT2D eigenvalue weighted by atomic mass is 9.95. The Labute approximate surface area is 140 Å². The van der Waals surface area contributed by atoms with E-state index >= 15 is 0 Å². The van der Waals surface area contributed by atoms with Gasteiger partial charge >= 0.3 is 0 Å². The fourth-order valence-electron chi connectivity index (χ4n) is 2.21. The molecule has 2 atom stereocenters. The van der Waals surface area contributed by atoms with E-state index in [-0.39, 0.29) is 30.5 Å². The van der Waals surface area contributed by atoms with Gasteiger partial charge in [0.1, 0.15) is 5.75 Å². The van der Waals surface area contributed by atoms with Gasteiger partial charge in [0.25, 0.3) is 0 Å². The molecule has 3 N–H and O–H groups in total. The number of carbonyl (C=O) groups excluding carboxylic acids is 1. The summed E-state index contributed by atoms with van der Waals surface area (Å²) in [5, 5.41) is 2.98. The summed E-state index contributed by atoms with van der Waals surface area (Å²) in [4.78, 5) is 12.2. The highest BCUT2D eigenvalue weighted by Gasteiger charge is 2.28. The zero-order valence-corrected chi connectivity index (χ0v) is 15.0. The highest BCUT2D eigenvalue weighted by molar-refractivity contribution is 5.86. The van der Waals surface area contributed by atoms with Crippen molar-refractivity contribution in [2.75, 3.05) is 0 Å². The van der Waals surface area contributed by atoms with Crippen molar-refractivity contribution in [2.24, 2.45) is 5.73 Å². The van der Waals surface area contributed by atoms with Crippen LogP contribution in [0.3, 0.4) is 0 Å². The molecule has 2 unspecified atom stereocenters. The molecule has 0 saturated heterocycles. The molecule has 5 heteroatoms. The Morgan fingerprint density at radius 1 is 1.36 bits per heavy atom. The zero-order chi connectivity index (χ0) is 16.0. The van der Waals surface area contributed by atoms with E-state index in [0.29, 0.717) is 6.42 Å². The molecule has 0 spiro atoms. The summed E-state index contributed by atoms with van der Waals surface area (Å²) < 4.78 is 5.68. The van der Waals surface area contributed by atoms with Crippen molar-refractivity contribution in [2.45, 2.75) is 65.1 Å². The summed E-state index contributed by atoms with van der Waals surface area (Å²) in [7, 11) is 0. The number of nitrogens with one attached hydrogen (secondary N) is 1. The molecule has 126 valence electrons. The summed E-state index contributed by atoms with van der Waals surface area (Å²) in [6.07, 6.45) is 1.68. The number of ether oxygens (including phenoxy) is 1. The molecular formula is C17H29ClN2O2. The third-order valence-electron chi connectivity index (χ3n) is 3.37. The van der Waals surface area contributed by atoms with E-state index in [9.17, 15) is 4.79 Å². The maximum absolute atomic E-state index is 12.2. The van der Waals surface area contributed by atoms with Crippen LogP contribution in [0.15, 0.2) is 24.3 Å². The normalized spacial score (nSPS) is 14.7. The van der Waals surface area contributed by atoms with Crippen LogP contribution in [-0.2, 0) is 4.79 Å². The molecule has 1 rings (SSSR count). The van der Waals surface area contributed by atoms with Gasteiger partial charge in [0.05, 0.1) is 17.7 Å². The molecule has 0 saturated carbocycles. The first kappa shape index (κ1) is 20.7. The molecular weight excluding hydrogens is 300 g/mol. The van der Waals surface area contributed by atoms with E-state index < -0.39 is 5.54 Å². The van der Waals surface area contributed by atoms with Gasteiger partial charge in [-0.3, -0.25) is 4.79 Å². The van der Waals surface area contributed by atoms with Gasteiger partial charge < -0.3 is 15.8 Å². The average Bonchev–Trinajstić information content (AvgIpc) is 2.38. The number of halogens is 1. The van der Waals surface area contributed by atoms with E-state index in [1.54, 1.807) is 6.92 Å². The van der Waals surface area contributed by atoms with Crippen molar-refractivity contribution in [3.63, 3.8) is 0 Å². The molecule has 0 bridgehead atoms. The van der Waals surface area contributed by atoms with Crippen molar-refractivity contribution in [3.8, 4) is 5.75 Å². The summed E-state index contributed by atoms with van der Waals surface area (Å²) in [5.74, 6) is 0.694. The SMILES string of the molecule is CCCC(C)(N)C(=O)NC(C)c1cccc(OC(C)C)c1.Cl. The predicted molar refractivity (Wildman–Crippen MR) is 93.5 cm³/mol. The Balaban J connectivity index is 0.00000441. The number of benzene rings is 1. The van der Waals surface area contributed by atoms with E-state index in [1.165, 1.54) is 0 Å². The molecule has 4 nitrogen and oxygen atoms in total. The van der Waals surface area contributed by atoms with Gasteiger partial charge in [0.2, 0.25) is 5.91 Å². The number of carbonyl (C=O) groups is 1. The maximum Gasteiger partial charge on any atom is 0.240 e. The van der Waals surface area contributed by atoms with Crippen molar-refractivity contribution < 1.29 is 9.53 Å². The van der Waals surface area contributed by atoms with Crippen LogP contribution in [-0.4, -0.2) is 17.6 Å². The van der Waals surface area contributed by atoms with Crippen LogP contribution in [0.1, 0.15) is 59.1 Å². The van der Waals surface area contributed by atoms with Gasteiger partial charge in [0.15, 0.2) is 0 Å². The summed E-state index contributed by atoms with van der Waals surface area (Å²) in [6.45, 7) is 9.73. The second-order valence-electron chi connectivity index (χ2n) is 6.10. The molecule has 0 aliphatic carbocycles. The van der Waals surface area contributed by atoms with Gasteiger partial charge in [-0.1, -0.05) is 25.5 Å². The van der Waals surface area contributed by atoms with E-state index in [0.717, 1.165) is 17.7 Å². The monoisotopic (exact) mass is 328 g/mol. The molecule has 1 aromatic rings. The van der Waals surface area contributed by atoms with E-state index in [1.807, 2.05) is 52.0 Å². The molecule has 0 radical (unpaired) electrons. The first-order chi connectivity index (χ1) is 9.76. The number of rotatable bonds is 7. The van der Waals surface area contributed by atoms with Crippen molar-refractivity contribution >= 4 is 18.3 Å². The van der Waals surface area contributed by atoms with Gasteiger partial charge in [-0.05, 0) is 51.8 Å². The van der Waals surface area contributed by atoms with Crippen LogP contribution >= 0.6 is 12.4 Å². The largest absolute Gasteiger partial charge is 0.491 e. The number of hydrogen-bond donors (Lipinski definition) is 2. The van der Waals surface area contributed by atoms with Crippen LogP contribution in [0.4, 0.5) is 0 Å². The minimum atomic E-state index is -0.824. The third kappa shape index (κ3) is 6.24. The van der Waals surface area contributed by atoms with Gasteiger partial charge in [0, 0.05) is 0 Å². The van der Waals surface area contributed by atoms with Crippen LogP contribution in [0.5, 0.6) is 5.75 Å². The molecule has 0 heterocycles. The highest BCUT2D eigenvalue weighted by Crippen LogP contribution is 2.21. The smallest absolute Gasteiger partial charge is 0.240 e. The number of nitrogens with two attached hydrogens (primary N) is 1. The summed E-state index contributed by atoms with van der Waals surface area (Å²) in [6, 6.07) is 7.68. The van der Waals surface area contributed by atoms with Crippen LogP contribution in [0.25, 0.3) is 0 Å². The predicted octanol–water partition coefficient (Wildman–Crippen LogP) is 3.59. The minimum absolute atomic E-state index is 0. The first-order valence-electron chi connectivity index (χ1n) is 7.62. The van der Waals surface area contributed by atoms with Crippen molar-refractivity contribution in [1.82, 2.24) is 5.32 Å². The van der Waals surface area contributed by atoms with Gasteiger partial charge in [-0.25, -0.2) is 0 Å². The van der Waals surface area contributed by atoms with Crippen molar-refractivity contribution in [1.29, 1.82) is 0 Å². The molecule has 0 aliphatic rings. The third-order valence-corrected chi connectivity index (χ3v) is 3.37. The topological polar surface area (TPSA) is 64.4 Å². The zero-order valence-electron chi connectivity index (χ0n) is 14.2. The number of hydrogen-bond acceptors (Lipinski definition) is 3. The Bertz CT molecular complexity index is 475. The summed E-state index contributed by atoms with van der Waals surface area (Å²) in [5.41, 5.74) is 6.24. The number of amides is 1. The fraction of sp³-hybridized carbons (Fsp3) is 0.588. The standard InChI is InChI=1S/C17H28N2O2.ClH/c1-6-10-17(5,18)16(20)19-13(4)14-8-7-9-15(11-14)21-12(2)3;/h7-9,11-13H,6,10,18H2,1-5H3,(H,19,20);1H. The Morgan fingerprint density at radius 2 is 2.00 bits per heavy atom. The van der Waals surface area contributed by atoms with Crippen LogP contribution < -0.4 is 15.8 Å². The lowest BCUT2D eigenvalue weighted by molar-refractivity contribution is -0.126. The fourth-order valence-corrected chi connectivity index (χ4v) is 2.21. The second kappa shape index (κ2) is 9.01. The van der Waals surface area contributed by atoms with Crippen LogP contribution in [0.2, 0.25) is 0 Å². The molecule has 0 aliphatic heterocycles. The Hall–Kier alpha value is -1.26. The maximum atomic E-state index is 12.2. The molecule has 22 heavy (non-hydrogen) atoms. The van der Waals surface area contributed by atoms with Crippen molar-refractivity contribution in [3.05, 3.63) is 29.8 Å². The second-order valence-corrected chi connectivity index (χ2v) is 6.10. The quantitative estimate of drug-likeness (QED) is 0.804. The molecule has 1 aromatic carbocycles. The first-order valence-corrected chi connectivity index (χ1v) is 7.62. The van der Waals surface area contributed by atoms with Crippen LogP contribution in [0, 0.1) is 0 Å². The summed E-state index contributed by atoms with van der Waals surface area (Å²) >= 11 is 0. The lowest BCUT2D eigenvalue weighted by Crippen LogP contribution is -2.52. The van der Waals surface area contributed by atoms with E-state index in [4.69, 9.17) is 10.5 Å². The van der Waals surface area contributed by atoms with Gasteiger partial charge in [-0.2, -0.15) is 0 Å². The minimum Gasteiger partial charge on any atom is -0.491 e. The molecule has 0 aromatic heterocycles.